The van der Waals surface area contributed by atoms with E-state index >= 15 is 0 Å². The predicted molar refractivity (Wildman–Crippen MR) is 64.5 cm³/mol. The van der Waals surface area contributed by atoms with Gasteiger partial charge in [0, 0.05) is 6.61 Å². The van der Waals surface area contributed by atoms with Gasteiger partial charge in [-0.15, -0.1) is 0 Å². The number of rotatable bonds is 4. The summed E-state index contributed by atoms with van der Waals surface area (Å²) in [4.78, 5) is 0. The Bertz CT molecular complexity index is 269. The van der Waals surface area contributed by atoms with Crippen LogP contribution in [0.1, 0.15) is 26.3 Å². The van der Waals surface area contributed by atoms with Crippen molar-refractivity contribution in [3.8, 4) is 0 Å². The van der Waals surface area contributed by atoms with Crippen molar-refractivity contribution in [1.29, 1.82) is 0 Å². The summed E-state index contributed by atoms with van der Waals surface area (Å²) in [5.74, 6) is 0.558. The van der Waals surface area contributed by atoms with Gasteiger partial charge in [0.1, 0.15) is 10.5 Å². The molecular formula is C12H20OSi. The van der Waals surface area contributed by atoms with Gasteiger partial charge in [-0.25, -0.2) is 0 Å². The van der Waals surface area contributed by atoms with Gasteiger partial charge in [-0.05, 0) is 16.9 Å². The standard InChI is InChI=1S/C12H20OSi/c1-10(9-13-14)12(2,3)11-7-5-4-6-8-11/h4-8,10H,9H2,1-3,14H3. The van der Waals surface area contributed by atoms with Crippen molar-refractivity contribution in [1.82, 2.24) is 0 Å². The Morgan fingerprint density at radius 2 is 1.86 bits per heavy atom. The Kier molecular flexibility index (Phi) is 3.90. The highest BCUT2D eigenvalue weighted by Gasteiger charge is 2.27. The first kappa shape index (κ1) is 11.5. The lowest BCUT2D eigenvalue weighted by molar-refractivity contribution is 0.212. The topological polar surface area (TPSA) is 9.23 Å². The van der Waals surface area contributed by atoms with Crippen LogP contribution in [0.5, 0.6) is 0 Å². The van der Waals surface area contributed by atoms with Crippen LogP contribution >= 0.6 is 0 Å². The monoisotopic (exact) mass is 208 g/mol. The van der Waals surface area contributed by atoms with Crippen LogP contribution in [-0.2, 0) is 9.84 Å². The third-order valence-corrected chi connectivity index (χ3v) is 3.50. The molecule has 1 aromatic rings. The van der Waals surface area contributed by atoms with E-state index < -0.39 is 0 Å². The van der Waals surface area contributed by atoms with E-state index in [0.717, 1.165) is 17.1 Å². The van der Waals surface area contributed by atoms with Gasteiger partial charge in [-0.3, -0.25) is 0 Å². The van der Waals surface area contributed by atoms with Crippen LogP contribution in [0.2, 0.25) is 0 Å². The zero-order valence-corrected chi connectivity index (χ0v) is 11.6. The molecule has 0 aliphatic heterocycles. The third kappa shape index (κ3) is 2.46. The largest absolute Gasteiger partial charge is 0.428 e. The number of hydrogen-bond donors (Lipinski definition) is 0. The van der Waals surface area contributed by atoms with E-state index in [-0.39, 0.29) is 5.41 Å². The van der Waals surface area contributed by atoms with Gasteiger partial charge in [0.2, 0.25) is 0 Å². The Labute approximate surface area is 90.0 Å². The molecule has 0 fully saturated rings. The lowest BCUT2D eigenvalue weighted by Crippen LogP contribution is -2.29. The highest BCUT2D eigenvalue weighted by atomic mass is 28.2. The van der Waals surface area contributed by atoms with E-state index in [0.29, 0.717) is 5.92 Å². The highest BCUT2D eigenvalue weighted by Crippen LogP contribution is 2.31. The Morgan fingerprint density at radius 3 is 2.36 bits per heavy atom. The van der Waals surface area contributed by atoms with Gasteiger partial charge in [-0.1, -0.05) is 51.1 Å². The third-order valence-electron chi connectivity index (χ3n) is 3.17. The molecule has 0 radical (unpaired) electrons. The van der Waals surface area contributed by atoms with Crippen molar-refractivity contribution in [2.75, 3.05) is 6.61 Å². The first-order valence-corrected chi connectivity index (χ1v) is 5.95. The average Bonchev–Trinajstić information content (AvgIpc) is 2.19. The Balaban J connectivity index is 2.84. The van der Waals surface area contributed by atoms with E-state index in [2.05, 4.69) is 51.1 Å². The summed E-state index contributed by atoms with van der Waals surface area (Å²) in [6.07, 6.45) is 0. The molecule has 1 atom stereocenters. The molecule has 1 unspecified atom stereocenters. The summed E-state index contributed by atoms with van der Waals surface area (Å²) >= 11 is 0. The van der Waals surface area contributed by atoms with E-state index in [1.165, 1.54) is 5.56 Å². The van der Waals surface area contributed by atoms with Crippen molar-refractivity contribution in [2.24, 2.45) is 5.92 Å². The SMILES string of the molecule is CC(CO[SiH3])C(C)(C)c1ccccc1. The molecule has 1 nitrogen and oxygen atoms in total. The molecule has 0 saturated carbocycles. The van der Waals surface area contributed by atoms with Crippen LogP contribution in [0.25, 0.3) is 0 Å². The zero-order valence-electron chi connectivity index (χ0n) is 9.58. The molecule has 0 spiro atoms. The fraction of sp³-hybridized carbons (Fsp3) is 0.500. The zero-order chi connectivity index (χ0) is 10.6. The van der Waals surface area contributed by atoms with Crippen LogP contribution < -0.4 is 0 Å². The predicted octanol–water partition coefficient (Wildman–Crippen LogP) is 1.90. The Hall–Kier alpha value is -0.603. The maximum Gasteiger partial charge on any atom is 0.145 e. The summed E-state index contributed by atoms with van der Waals surface area (Å²) < 4.78 is 5.35. The van der Waals surface area contributed by atoms with Crippen molar-refractivity contribution in [2.45, 2.75) is 26.2 Å². The van der Waals surface area contributed by atoms with Gasteiger partial charge in [0.25, 0.3) is 0 Å². The van der Waals surface area contributed by atoms with Crippen LogP contribution in [0.4, 0.5) is 0 Å². The molecular weight excluding hydrogens is 188 g/mol. The molecule has 14 heavy (non-hydrogen) atoms. The first-order valence-electron chi connectivity index (χ1n) is 5.13. The van der Waals surface area contributed by atoms with E-state index in [1.54, 1.807) is 0 Å². The van der Waals surface area contributed by atoms with Crippen molar-refractivity contribution in [3.63, 3.8) is 0 Å². The lowest BCUT2D eigenvalue weighted by Gasteiger charge is -2.32. The molecule has 0 aliphatic carbocycles. The highest BCUT2D eigenvalue weighted by molar-refractivity contribution is 5.97. The number of benzene rings is 1. The van der Waals surface area contributed by atoms with Gasteiger partial charge < -0.3 is 4.43 Å². The summed E-state index contributed by atoms with van der Waals surface area (Å²) in [5.41, 5.74) is 1.59. The normalized spacial score (nSPS) is 14.2. The summed E-state index contributed by atoms with van der Waals surface area (Å²) in [7, 11) is 0.833. The smallest absolute Gasteiger partial charge is 0.145 e. The van der Waals surface area contributed by atoms with E-state index in [4.69, 9.17) is 4.43 Å². The van der Waals surface area contributed by atoms with Gasteiger partial charge >= 0.3 is 0 Å². The molecule has 0 heterocycles. The molecule has 0 N–H and O–H groups in total. The van der Waals surface area contributed by atoms with E-state index in [1.807, 2.05) is 0 Å². The minimum atomic E-state index is 0.200. The van der Waals surface area contributed by atoms with Gasteiger partial charge in [0.05, 0.1) is 0 Å². The molecule has 0 bridgehead atoms. The van der Waals surface area contributed by atoms with Gasteiger partial charge in [-0.2, -0.15) is 0 Å². The van der Waals surface area contributed by atoms with Crippen molar-refractivity contribution < 1.29 is 4.43 Å². The van der Waals surface area contributed by atoms with Crippen molar-refractivity contribution in [3.05, 3.63) is 35.9 Å². The summed E-state index contributed by atoms with van der Waals surface area (Å²) in [6, 6.07) is 10.7. The average molecular weight is 208 g/mol. The second-order valence-corrected chi connectivity index (χ2v) is 5.02. The van der Waals surface area contributed by atoms with Gasteiger partial charge in [0.15, 0.2) is 0 Å². The maximum atomic E-state index is 5.35. The first-order chi connectivity index (χ1) is 6.59. The second kappa shape index (κ2) is 4.76. The quantitative estimate of drug-likeness (QED) is 0.687. The summed E-state index contributed by atoms with van der Waals surface area (Å²) in [6.45, 7) is 7.69. The molecule has 0 saturated heterocycles. The molecule has 78 valence electrons. The number of hydrogen-bond acceptors (Lipinski definition) is 1. The molecule has 0 amide bonds. The van der Waals surface area contributed by atoms with Crippen LogP contribution in [0, 0.1) is 5.92 Å². The maximum absolute atomic E-state index is 5.35. The molecule has 2 heteroatoms. The minimum Gasteiger partial charge on any atom is -0.428 e. The minimum absolute atomic E-state index is 0.200. The van der Waals surface area contributed by atoms with Crippen molar-refractivity contribution >= 4 is 10.5 Å². The lowest BCUT2D eigenvalue weighted by atomic mass is 9.75. The van der Waals surface area contributed by atoms with Crippen LogP contribution in [0.3, 0.4) is 0 Å². The van der Waals surface area contributed by atoms with Crippen LogP contribution in [0.15, 0.2) is 30.3 Å². The van der Waals surface area contributed by atoms with Crippen LogP contribution in [-0.4, -0.2) is 17.1 Å². The molecule has 1 aromatic carbocycles. The summed E-state index contributed by atoms with van der Waals surface area (Å²) in [5, 5.41) is 0. The fourth-order valence-corrected chi connectivity index (χ4v) is 2.11. The Morgan fingerprint density at radius 1 is 1.29 bits per heavy atom. The fourth-order valence-electron chi connectivity index (χ4n) is 1.61. The molecule has 1 rings (SSSR count). The van der Waals surface area contributed by atoms with E-state index in [9.17, 15) is 0 Å². The second-order valence-electron chi connectivity index (χ2n) is 4.44. The molecule has 0 aromatic heterocycles. The molecule has 0 aliphatic rings.